The number of hydrogen-bond acceptors (Lipinski definition) is 1. The second-order valence-corrected chi connectivity index (χ2v) is 3.54. The van der Waals surface area contributed by atoms with Crippen LogP contribution in [0.5, 0.6) is 0 Å². The van der Waals surface area contributed by atoms with Crippen molar-refractivity contribution in [2.75, 3.05) is 5.75 Å². The van der Waals surface area contributed by atoms with E-state index in [1.165, 1.54) is 16.7 Å². The van der Waals surface area contributed by atoms with Gasteiger partial charge in [0.2, 0.25) is 0 Å². The molecule has 0 atom stereocenters. The highest BCUT2D eigenvalue weighted by Gasteiger charge is 1.93. The molecular formula is C17H32S. The van der Waals surface area contributed by atoms with Crippen molar-refractivity contribution in [2.45, 2.75) is 55.4 Å². The molecule has 0 rings (SSSR count). The zero-order valence-electron chi connectivity index (χ0n) is 13.5. The Hall–Kier alpha value is -0.690. The fourth-order valence-corrected chi connectivity index (χ4v) is 1.26. The molecule has 0 N–H and O–H groups in total. The van der Waals surface area contributed by atoms with Gasteiger partial charge in [-0.15, -0.1) is 0 Å². The minimum Gasteiger partial charge on any atom is -0.175 e. The molecule has 0 aromatic heterocycles. The fourth-order valence-electron chi connectivity index (χ4n) is 0.984. The third-order valence-corrected chi connectivity index (χ3v) is 2.48. The zero-order valence-corrected chi connectivity index (χ0v) is 14.4. The maximum Gasteiger partial charge on any atom is 0.0151 e. The molecule has 0 bridgehead atoms. The van der Waals surface area contributed by atoms with Crippen LogP contribution in [-0.4, -0.2) is 5.75 Å². The van der Waals surface area contributed by atoms with Gasteiger partial charge in [-0.2, -0.15) is 12.6 Å². The van der Waals surface area contributed by atoms with Crippen LogP contribution in [0.3, 0.4) is 0 Å². The SMILES string of the molecule is CC.CC.C\C=C/C=C(C)/C(C)=C/C(=C\C)CS. The first-order chi connectivity index (χ1) is 8.65. The van der Waals surface area contributed by atoms with Crippen LogP contribution in [0.4, 0.5) is 0 Å². The summed E-state index contributed by atoms with van der Waals surface area (Å²) in [4.78, 5) is 0. The second kappa shape index (κ2) is 18.7. The Balaban J connectivity index is -0.000000506. The lowest BCUT2D eigenvalue weighted by Crippen LogP contribution is -1.84. The third kappa shape index (κ3) is 13.4. The first-order valence-electron chi connectivity index (χ1n) is 6.90. The minimum atomic E-state index is 0.796. The van der Waals surface area contributed by atoms with Crippen molar-refractivity contribution in [3.63, 3.8) is 0 Å². The highest BCUT2D eigenvalue weighted by molar-refractivity contribution is 7.80. The summed E-state index contributed by atoms with van der Waals surface area (Å²) in [5.41, 5.74) is 3.86. The Morgan fingerprint density at radius 1 is 0.944 bits per heavy atom. The van der Waals surface area contributed by atoms with Gasteiger partial charge in [-0.3, -0.25) is 0 Å². The van der Waals surface area contributed by atoms with E-state index < -0.39 is 0 Å². The van der Waals surface area contributed by atoms with E-state index in [1.54, 1.807) is 0 Å². The molecule has 0 aliphatic heterocycles. The predicted molar refractivity (Wildman–Crippen MR) is 92.6 cm³/mol. The van der Waals surface area contributed by atoms with E-state index in [0.717, 1.165) is 5.75 Å². The molecular weight excluding hydrogens is 236 g/mol. The Morgan fingerprint density at radius 2 is 1.44 bits per heavy atom. The van der Waals surface area contributed by atoms with Crippen molar-refractivity contribution in [3.8, 4) is 0 Å². The standard InChI is InChI=1S/C13H20S.2C2H6/c1-5-7-8-11(3)12(4)9-13(6-2)10-14;2*1-2/h5-9,14H,10H2,1-4H3;2*1-2H3/b7-5-,11-8+,12-9+,13-6+;;. The molecule has 0 spiro atoms. The van der Waals surface area contributed by atoms with Crippen LogP contribution in [0.25, 0.3) is 0 Å². The smallest absolute Gasteiger partial charge is 0.0151 e. The molecule has 18 heavy (non-hydrogen) atoms. The highest BCUT2D eigenvalue weighted by Crippen LogP contribution is 2.12. The second-order valence-electron chi connectivity index (χ2n) is 3.22. The lowest BCUT2D eigenvalue weighted by atomic mass is 10.1. The number of hydrogen-bond donors (Lipinski definition) is 1. The molecule has 0 heterocycles. The Bertz CT molecular complexity index is 278. The molecule has 0 aliphatic carbocycles. The summed E-state index contributed by atoms with van der Waals surface area (Å²) < 4.78 is 0. The molecule has 0 unspecified atom stereocenters. The summed E-state index contributed by atoms with van der Waals surface area (Å²) in [6.07, 6.45) is 10.5. The quantitative estimate of drug-likeness (QED) is 0.443. The molecule has 0 saturated heterocycles. The van der Waals surface area contributed by atoms with Crippen molar-refractivity contribution in [2.24, 2.45) is 0 Å². The summed E-state index contributed by atoms with van der Waals surface area (Å²) >= 11 is 4.26. The topological polar surface area (TPSA) is 0 Å². The lowest BCUT2D eigenvalue weighted by molar-refractivity contribution is 1.32. The lowest BCUT2D eigenvalue weighted by Gasteiger charge is -2.02. The van der Waals surface area contributed by atoms with Gasteiger partial charge in [0.25, 0.3) is 0 Å². The van der Waals surface area contributed by atoms with Gasteiger partial charge in [-0.05, 0) is 44.4 Å². The normalized spacial score (nSPS) is 12.6. The van der Waals surface area contributed by atoms with E-state index in [-0.39, 0.29) is 0 Å². The van der Waals surface area contributed by atoms with Gasteiger partial charge >= 0.3 is 0 Å². The molecule has 0 amide bonds. The fraction of sp³-hybridized carbons (Fsp3) is 0.529. The van der Waals surface area contributed by atoms with Crippen molar-refractivity contribution in [1.29, 1.82) is 0 Å². The molecule has 0 aromatic carbocycles. The maximum absolute atomic E-state index is 4.26. The molecule has 0 aliphatic rings. The van der Waals surface area contributed by atoms with Crippen molar-refractivity contribution in [3.05, 3.63) is 47.1 Å². The summed E-state index contributed by atoms with van der Waals surface area (Å²) in [5, 5.41) is 0. The first-order valence-corrected chi connectivity index (χ1v) is 7.53. The van der Waals surface area contributed by atoms with Crippen LogP contribution in [0.1, 0.15) is 55.4 Å². The number of rotatable bonds is 4. The summed E-state index contributed by atoms with van der Waals surface area (Å²) in [6.45, 7) is 16.3. The molecule has 0 saturated carbocycles. The van der Waals surface area contributed by atoms with E-state index in [2.05, 4.69) is 50.8 Å². The van der Waals surface area contributed by atoms with E-state index in [9.17, 15) is 0 Å². The molecule has 0 aromatic rings. The molecule has 0 fully saturated rings. The Morgan fingerprint density at radius 3 is 1.78 bits per heavy atom. The molecule has 106 valence electrons. The van der Waals surface area contributed by atoms with Crippen LogP contribution < -0.4 is 0 Å². The van der Waals surface area contributed by atoms with Gasteiger partial charge in [-0.25, -0.2) is 0 Å². The van der Waals surface area contributed by atoms with Crippen LogP contribution in [0.15, 0.2) is 47.1 Å². The van der Waals surface area contributed by atoms with Crippen LogP contribution in [0.2, 0.25) is 0 Å². The van der Waals surface area contributed by atoms with Crippen LogP contribution in [0, 0.1) is 0 Å². The largest absolute Gasteiger partial charge is 0.175 e. The van der Waals surface area contributed by atoms with Gasteiger partial charge in [0.05, 0.1) is 0 Å². The minimum absolute atomic E-state index is 0.796. The number of allylic oxidation sites excluding steroid dienone is 7. The van der Waals surface area contributed by atoms with E-state index in [0.29, 0.717) is 0 Å². The van der Waals surface area contributed by atoms with Crippen molar-refractivity contribution in [1.82, 2.24) is 0 Å². The average molecular weight is 269 g/mol. The third-order valence-electron chi connectivity index (χ3n) is 2.12. The van der Waals surface area contributed by atoms with Gasteiger partial charge in [0.15, 0.2) is 0 Å². The predicted octanol–water partition coefficient (Wildman–Crippen LogP) is 6.38. The van der Waals surface area contributed by atoms with E-state index in [1.807, 2.05) is 47.6 Å². The van der Waals surface area contributed by atoms with Crippen molar-refractivity contribution >= 4 is 12.6 Å². The molecule has 1 heteroatoms. The summed E-state index contributed by atoms with van der Waals surface area (Å²) in [5.74, 6) is 0.796. The van der Waals surface area contributed by atoms with E-state index in [4.69, 9.17) is 0 Å². The summed E-state index contributed by atoms with van der Waals surface area (Å²) in [6, 6.07) is 0. The highest BCUT2D eigenvalue weighted by atomic mass is 32.1. The monoisotopic (exact) mass is 268 g/mol. The Labute approximate surface area is 121 Å². The van der Waals surface area contributed by atoms with E-state index >= 15 is 0 Å². The first kappa shape index (κ1) is 22.5. The number of thiol groups is 1. The summed E-state index contributed by atoms with van der Waals surface area (Å²) in [7, 11) is 0. The average Bonchev–Trinajstić information content (AvgIpc) is 2.46. The van der Waals surface area contributed by atoms with Crippen molar-refractivity contribution < 1.29 is 0 Å². The molecule has 0 nitrogen and oxygen atoms in total. The molecule has 0 radical (unpaired) electrons. The van der Waals surface area contributed by atoms with Gasteiger partial charge in [-0.1, -0.05) is 58.1 Å². The van der Waals surface area contributed by atoms with Gasteiger partial charge < -0.3 is 0 Å². The van der Waals surface area contributed by atoms with Gasteiger partial charge in [0.1, 0.15) is 0 Å². The van der Waals surface area contributed by atoms with Gasteiger partial charge in [0, 0.05) is 5.75 Å². The van der Waals surface area contributed by atoms with Crippen LogP contribution >= 0.6 is 12.6 Å². The maximum atomic E-state index is 4.26. The zero-order chi connectivity index (χ0) is 15.0. The Kier molecular flexibility index (Phi) is 23.3. The van der Waals surface area contributed by atoms with Crippen LogP contribution in [-0.2, 0) is 0 Å².